The van der Waals surface area contributed by atoms with Crippen LogP contribution in [0.1, 0.15) is 128 Å². The molecule has 3 atom stereocenters. The maximum absolute atomic E-state index is 14.3. The van der Waals surface area contributed by atoms with Crippen molar-refractivity contribution in [2.24, 2.45) is 17.8 Å². The standard InChI is InChI=1S/C43H54N4O5/c1-10-13-14-22(4)17-18-52-36(48)16-15-29-25(7)32-19-30-23(5)27(11-2)34(44-30)20-31-24(6)28(12-3)35(45-31)21-33-26(8)37-41(47-33)38(40(29)46-32)39(42(37)49)43(50)51-9/h17,19-21,25,29,39,44-47H,10-16,18H2,1-9H3/b22-17+,31-20-,32-19-,35-21-,40-38-/t25-,29-,39+/m0/s1. The molecule has 0 spiro atoms. The van der Waals surface area contributed by atoms with Gasteiger partial charge in [-0.25, -0.2) is 0 Å². The quantitative estimate of drug-likeness (QED) is 0.0993. The Morgan fingerprint density at radius 1 is 0.865 bits per heavy atom. The van der Waals surface area contributed by atoms with Gasteiger partial charge >= 0.3 is 11.9 Å². The monoisotopic (exact) mass is 706 g/mol. The molecular formula is C43H54N4O5. The van der Waals surface area contributed by atoms with Crippen LogP contribution in [0, 0.1) is 38.5 Å². The minimum atomic E-state index is -1.12. The number of carbonyl (C=O) groups excluding carboxylic acids is 3. The molecule has 4 N–H and O–H groups in total. The third-order valence-corrected chi connectivity index (χ3v) is 11.6. The number of rotatable bonds is 11. The number of carbonyl (C=O) groups is 3. The lowest BCUT2D eigenvalue weighted by Gasteiger charge is -2.19. The zero-order chi connectivity index (χ0) is 37.4. The van der Waals surface area contributed by atoms with Gasteiger partial charge in [-0.2, -0.15) is 0 Å². The zero-order valence-corrected chi connectivity index (χ0v) is 32.2. The number of unbranched alkanes of at least 4 members (excludes halogenated alkanes) is 1. The van der Waals surface area contributed by atoms with Crippen molar-refractivity contribution in [3.63, 3.8) is 0 Å². The van der Waals surface area contributed by atoms with E-state index in [-0.39, 0.29) is 36.6 Å². The van der Waals surface area contributed by atoms with Gasteiger partial charge in [0.05, 0.1) is 12.8 Å². The summed E-state index contributed by atoms with van der Waals surface area (Å²) in [4.78, 5) is 51.9. The predicted molar refractivity (Wildman–Crippen MR) is 206 cm³/mol. The molecule has 0 aromatic carbocycles. The molecule has 276 valence electrons. The van der Waals surface area contributed by atoms with Crippen molar-refractivity contribution >= 4 is 41.5 Å². The van der Waals surface area contributed by atoms with E-state index in [4.69, 9.17) is 9.47 Å². The van der Waals surface area contributed by atoms with E-state index in [2.05, 4.69) is 87.0 Å². The van der Waals surface area contributed by atoms with Gasteiger partial charge in [0.25, 0.3) is 0 Å². The largest absolute Gasteiger partial charge is 0.468 e. The van der Waals surface area contributed by atoms with Gasteiger partial charge in [0.15, 0.2) is 5.78 Å². The number of H-pyrrole nitrogens is 3. The third-order valence-electron chi connectivity index (χ3n) is 11.6. The number of Topliss-reactive ketones (excluding diaryl/α,β-unsaturated/α-hetero) is 1. The summed E-state index contributed by atoms with van der Waals surface area (Å²) >= 11 is 0. The van der Waals surface area contributed by atoms with Crippen molar-refractivity contribution in [2.75, 3.05) is 13.7 Å². The van der Waals surface area contributed by atoms with Crippen molar-refractivity contribution in [3.05, 3.63) is 89.9 Å². The lowest BCUT2D eigenvalue weighted by molar-refractivity contribution is -0.143. The number of hydrogen-bond donors (Lipinski definition) is 4. The van der Waals surface area contributed by atoms with Gasteiger partial charge in [-0.3, -0.25) is 14.4 Å². The minimum absolute atomic E-state index is 0.0539. The normalized spacial score (nSPS) is 23.0. The van der Waals surface area contributed by atoms with Crippen LogP contribution in [-0.4, -0.2) is 46.4 Å². The molecule has 0 saturated carbocycles. The van der Waals surface area contributed by atoms with Crippen LogP contribution in [0.4, 0.5) is 0 Å². The molecule has 2 aliphatic heterocycles. The fraction of sp³-hybridized carbons (Fsp3) is 0.465. The highest BCUT2D eigenvalue weighted by atomic mass is 16.5. The lowest BCUT2D eigenvalue weighted by Crippen LogP contribution is -2.25. The molecule has 0 radical (unpaired) electrons. The fourth-order valence-electron chi connectivity index (χ4n) is 8.41. The summed E-state index contributed by atoms with van der Waals surface area (Å²) in [6.45, 7) is 17.2. The van der Waals surface area contributed by atoms with Crippen molar-refractivity contribution in [1.29, 1.82) is 0 Å². The second-order valence-electron chi connectivity index (χ2n) is 14.7. The van der Waals surface area contributed by atoms with Crippen molar-refractivity contribution in [3.8, 4) is 0 Å². The number of methoxy groups -OCH3 is 1. The third kappa shape index (κ3) is 6.54. The number of ether oxygens (including phenoxy) is 2. The number of fused-ring (bicyclic) bond motifs is 7. The van der Waals surface area contributed by atoms with E-state index in [1.54, 1.807) is 0 Å². The molecule has 1 saturated heterocycles. The molecule has 1 fully saturated rings. The van der Waals surface area contributed by atoms with E-state index in [0.717, 1.165) is 76.8 Å². The van der Waals surface area contributed by atoms with E-state index >= 15 is 0 Å². The molecule has 6 rings (SSSR count). The van der Waals surface area contributed by atoms with Crippen LogP contribution < -0.4 is 16.0 Å². The number of aromatic amines is 3. The molecule has 1 aliphatic carbocycles. The summed E-state index contributed by atoms with van der Waals surface area (Å²) in [5.74, 6) is -2.52. The van der Waals surface area contributed by atoms with Gasteiger partial charge in [0, 0.05) is 68.6 Å². The summed E-state index contributed by atoms with van der Waals surface area (Å²) in [5, 5.41) is 5.72. The Morgan fingerprint density at radius 2 is 1.58 bits per heavy atom. The molecule has 9 nitrogen and oxygen atoms in total. The summed E-state index contributed by atoms with van der Waals surface area (Å²) in [7, 11) is 1.32. The smallest absolute Gasteiger partial charge is 0.321 e. The highest BCUT2D eigenvalue weighted by Gasteiger charge is 2.48. The molecular weight excluding hydrogens is 652 g/mol. The average Bonchev–Trinajstić information content (AvgIpc) is 3.86. The molecule has 9 heteroatoms. The first kappa shape index (κ1) is 37.0. The predicted octanol–water partition coefficient (Wildman–Crippen LogP) is 6.75. The Morgan fingerprint density at radius 3 is 2.27 bits per heavy atom. The van der Waals surface area contributed by atoms with Crippen LogP contribution in [0.2, 0.25) is 0 Å². The molecule has 3 aromatic heterocycles. The number of ketones is 1. The molecule has 5 heterocycles. The molecule has 0 amide bonds. The molecule has 52 heavy (non-hydrogen) atoms. The number of esters is 2. The van der Waals surface area contributed by atoms with E-state index in [1.807, 2.05) is 13.0 Å². The van der Waals surface area contributed by atoms with Crippen LogP contribution in [0.15, 0.2) is 23.0 Å². The minimum Gasteiger partial charge on any atom is -0.468 e. The SMILES string of the molecule is CCCC/C(C)=C/COC(=O)CC[C@@H]1/C2=C3/c4[nH]c(c(C)c4C(=O)[C@@H]3C(=O)OC)/C=c3\[nH]/c(c(C)c3CC)=C\c3[nH]c(c(C)c3CC)/C=C(\N2)[C@H]1C. The molecule has 3 aromatic rings. The topological polar surface area (TPSA) is 129 Å². The van der Waals surface area contributed by atoms with Gasteiger partial charge < -0.3 is 29.7 Å². The van der Waals surface area contributed by atoms with Crippen molar-refractivity contribution < 1.29 is 23.9 Å². The Balaban J connectivity index is 1.53. The van der Waals surface area contributed by atoms with Gasteiger partial charge in [0.1, 0.15) is 12.5 Å². The zero-order valence-electron chi connectivity index (χ0n) is 32.2. The number of hydrogen-bond acceptors (Lipinski definition) is 6. The van der Waals surface area contributed by atoms with Crippen LogP contribution in [0.25, 0.3) is 23.8 Å². The molecule has 3 aliphatic rings. The maximum Gasteiger partial charge on any atom is 0.321 e. The Kier molecular flexibility index (Phi) is 10.7. The summed E-state index contributed by atoms with van der Waals surface area (Å²) in [6.07, 6.45) is 14.0. The Bertz CT molecular complexity index is 2150. The number of allylic oxidation sites excluding steroid dienone is 3. The fourth-order valence-corrected chi connectivity index (χ4v) is 8.41. The molecule has 0 unspecified atom stereocenters. The second kappa shape index (κ2) is 15.1. The van der Waals surface area contributed by atoms with Crippen molar-refractivity contribution in [1.82, 2.24) is 20.3 Å². The first-order chi connectivity index (χ1) is 24.9. The van der Waals surface area contributed by atoms with Gasteiger partial charge in [-0.1, -0.05) is 39.7 Å². The van der Waals surface area contributed by atoms with Crippen LogP contribution in [-0.2, 0) is 31.9 Å². The van der Waals surface area contributed by atoms with Gasteiger partial charge in [-0.15, -0.1) is 0 Å². The van der Waals surface area contributed by atoms with E-state index in [1.165, 1.54) is 34.9 Å². The second-order valence-corrected chi connectivity index (χ2v) is 14.7. The van der Waals surface area contributed by atoms with Crippen LogP contribution >= 0.6 is 0 Å². The van der Waals surface area contributed by atoms with E-state index in [0.29, 0.717) is 23.3 Å². The maximum atomic E-state index is 14.3. The van der Waals surface area contributed by atoms with Crippen LogP contribution in [0.3, 0.4) is 0 Å². The van der Waals surface area contributed by atoms with Crippen LogP contribution in [0.5, 0.6) is 0 Å². The van der Waals surface area contributed by atoms with Crippen molar-refractivity contribution in [2.45, 2.75) is 100 Å². The first-order valence-corrected chi connectivity index (χ1v) is 18.9. The average molecular weight is 707 g/mol. The molecule has 8 bridgehead atoms. The Hall–Kier alpha value is -4.79. The van der Waals surface area contributed by atoms with E-state index in [9.17, 15) is 14.4 Å². The van der Waals surface area contributed by atoms with Gasteiger partial charge in [-0.05, 0) is 112 Å². The first-order valence-electron chi connectivity index (χ1n) is 18.9. The highest BCUT2D eigenvalue weighted by molar-refractivity contribution is 6.24. The summed E-state index contributed by atoms with van der Waals surface area (Å²) in [5.41, 5.74) is 13.1. The number of aromatic nitrogens is 3. The highest BCUT2D eigenvalue weighted by Crippen LogP contribution is 2.48. The van der Waals surface area contributed by atoms with Gasteiger partial charge in [0.2, 0.25) is 0 Å². The summed E-state index contributed by atoms with van der Waals surface area (Å²) in [6, 6.07) is 0. The summed E-state index contributed by atoms with van der Waals surface area (Å²) < 4.78 is 10.9. The lowest BCUT2D eigenvalue weighted by atomic mass is 9.85. The van der Waals surface area contributed by atoms with E-state index < -0.39 is 11.9 Å². The Labute approximate surface area is 306 Å². The number of nitrogens with one attached hydrogen (secondary N) is 4.